The van der Waals surface area contributed by atoms with E-state index in [9.17, 15) is 4.79 Å². The van der Waals surface area contributed by atoms with Crippen LogP contribution in [-0.2, 0) is 0 Å². The molecule has 2 amide bonds. The second kappa shape index (κ2) is 6.39. The number of hydrogen-bond donors (Lipinski definition) is 2. The Morgan fingerprint density at radius 1 is 1.19 bits per heavy atom. The monoisotopic (exact) mass is 285 g/mol. The highest BCUT2D eigenvalue weighted by atomic mass is 16.2. The molecule has 1 fully saturated rings. The molecule has 6 heteroatoms. The number of rotatable bonds is 3. The SMILES string of the molecule is O=C(Nc1cccnc1-n1cccn1)NC1CCCCC1. The third-order valence-corrected chi connectivity index (χ3v) is 3.70. The highest BCUT2D eigenvalue weighted by Gasteiger charge is 2.16. The van der Waals surface area contributed by atoms with Gasteiger partial charge in [0.05, 0.1) is 5.69 Å². The lowest BCUT2D eigenvalue weighted by atomic mass is 9.96. The Kier molecular flexibility index (Phi) is 4.14. The van der Waals surface area contributed by atoms with Crippen molar-refractivity contribution in [3.63, 3.8) is 0 Å². The highest BCUT2D eigenvalue weighted by molar-refractivity contribution is 5.91. The van der Waals surface area contributed by atoms with Gasteiger partial charge in [-0.25, -0.2) is 14.5 Å². The van der Waals surface area contributed by atoms with Gasteiger partial charge < -0.3 is 10.6 Å². The fraction of sp³-hybridized carbons (Fsp3) is 0.400. The number of hydrogen-bond acceptors (Lipinski definition) is 3. The van der Waals surface area contributed by atoms with Crippen LogP contribution in [0.2, 0.25) is 0 Å². The van der Waals surface area contributed by atoms with Crippen molar-refractivity contribution >= 4 is 11.7 Å². The molecule has 2 aromatic heterocycles. The van der Waals surface area contributed by atoms with Crippen LogP contribution in [-0.4, -0.2) is 26.8 Å². The summed E-state index contributed by atoms with van der Waals surface area (Å²) in [6.45, 7) is 0. The molecular formula is C15H19N5O. The Balaban J connectivity index is 1.68. The van der Waals surface area contributed by atoms with Crippen molar-refractivity contribution in [2.24, 2.45) is 0 Å². The first-order valence-electron chi connectivity index (χ1n) is 7.35. The lowest BCUT2D eigenvalue weighted by Gasteiger charge is -2.23. The summed E-state index contributed by atoms with van der Waals surface area (Å²) in [6.07, 6.45) is 10.9. The standard InChI is InChI=1S/C15H19N5O/c21-15(18-12-6-2-1-3-7-12)19-13-8-4-9-16-14(13)20-11-5-10-17-20/h4-5,8-12H,1-3,6-7H2,(H2,18,19,21). The van der Waals surface area contributed by atoms with Gasteiger partial charge in [-0.1, -0.05) is 19.3 Å². The molecule has 0 atom stereocenters. The molecule has 0 saturated heterocycles. The molecule has 0 aliphatic heterocycles. The van der Waals surface area contributed by atoms with Gasteiger partial charge in [0.1, 0.15) is 0 Å². The van der Waals surface area contributed by atoms with Crippen molar-refractivity contribution in [3.05, 3.63) is 36.8 Å². The van der Waals surface area contributed by atoms with E-state index in [-0.39, 0.29) is 12.1 Å². The molecule has 1 aliphatic carbocycles. The first-order valence-corrected chi connectivity index (χ1v) is 7.35. The van der Waals surface area contributed by atoms with E-state index in [1.807, 2.05) is 12.1 Å². The van der Waals surface area contributed by atoms with Crippen LogP contribution in [0.3, 0.4) is 0 Å². The Morgan fingerprint density at radius 3 is 2.81 bits per heavy atom. The third kappa shape index (κ3) is 3.39. The van der Waals surface area contributed by atoms with Crippen molar-refractivity contribution < 1.29 is 4.79 Å². The smallest absolute Gasteiger partial charge is 0.319 e. The summed E-state index contributed by atoms with van der Waals surface area (Å²) in [7, 11) is 0. The molecule has 0 radical (unpaired) electrons. The zero-order chi connectivity index (χ0) is 14.5. The number of urea groups is 1. The van der Waals surface area contributed by atoms with E-state index in [1.165, 1.54) is 19.3 Å². The van der Waals surface area contributed by atoms with Crippen LogP contribution < -0.4 is 10.6 Å². The van der Waals surface area contributed by atoms with Crippen LogP contribution in [0.5, 0.6) is 0 Å². The predicted octanol–water partition coefficient (Wildman–Crippen LogP) is 2.72. The summed E-state index contributed by atoms with van der Waals surface area (Å²) in [4.78, 5) is 16.4. The average Bonchev–Trinajstić information content (AvgIpc) is 3.03. The number of carbonyl (C=O) groups excluding carboxylic acids is 1. The zero-order valence-corrected chi connectivity index (χ0v) is 11.8. The van der Waals surface area contributed by atoms with Crippen LogP contribution in [0.15, 0.2) is 36.8 Å². The largest absolute Gasteiger partial charge is 0.335 e. The second-order valence-corrected chi connectivity index (χ2v) is 5.26. The maximum atomic E-state index is 12.1. The number of aromatic nitrogens is 3. The van der Waals surface area contributed by atoms with Gasteiger partial charge in [-0.3, -0.25) is 0 Å². The van der Waals surface area contributed by atoms with Crippen molar-refractivity contribution in [1.82, 2.24) is 20.1 Å². The Bertz CT molecular complexity index is 590. The summed E-state index contributed by atoms with van der Waals surface area (Å²) in [6, 6.07) is 5.54. The molecule has 0 bridgehead atoms. The molecule has 0 spiro atoms. The summed E-state index contributed by atoms with van der Waals surface area (Å²) in [5.41, 5.74) is 0.648. The molecule has 1 saturated carbocycles. The summed E-state index contributed by atoms with van der Waals surface area (Å²) in [5, 5.41) is 10.1. The second-order valence-electron chi connectivity index (χ2n) is 5.26. The van der Waals surface area contributed by atoms with Crippen molar-refractivity contribution in [2.45, 2.75) is 38.1 Å². The Hall–Kier alpha value is -2.37. The van der Waals surface area contributed by atoms with E-state index >= 15 is 0 Å². The predicted molar refractivity (Wildman–Crippen MR) is 80.4 cm³/mol. The number of carbonyl (C=O) groups is 1. The Morgan fingerprint density at radius 2 is 2.05 bits per heavy atom. The van der Waals surface area contributed by atoms with E-state index < -0.39 is 0 Å². The summed E-state index contributed by atoms with van der Waals surface area (Å²) in [5.74, 6) is 0.612. The minimum Gasteiger partial charge on any atom is -0.335 e. The van der Waals surface area contributed by atoms with Crippen LogP contribution >= 0.6 is 0 Å². The average molecular weight is 285 g/mol. The molecule has 110 valence electrons. The van der Waals surface area contributed by atoms with Crippen molar-refractivity contribution in [1.29, 1.82) is 0 Å². The molecule has 2 N–H and O–H groups in total. The van der Waals surface area contributed by atoms with Crippen LogP contribution in [0.4, 0.5) is 10.5 Å². The normalized spacial score (nSPS) is 15.6. The molecule has 21 heavy (non-hydrogen) atoms. The van der Waals surface area contributed by atoms with Crippen molar-refractivity contribution in [3.8, 4) is 5.82 Å². The van der Waals surface area contributed by atoms with Gasteiger partial charge in [-0.05, 0) is 31.0 Å². The molecule has 2 aromatic rings. The molecule has 0 aromatic carbocycles. The van der Waals surface area contributed by atoms with E-state index in [0.717, 1.165) is 12.8 Å². The first-order chi connectivity index (χ1) is 10.3. The maximum absolute atomic E-state index is 12.1. The molecule has 0 unspecified atom stereocenters. The number of amides is 2. The number of nitrogens with zero attached hydrogens (tertiary/aromatic N) is 3. The number of anilines is 1. The number of nitrogens with one attached hydrogen (secondary N) is 2. The molecule has 3 rings (SSSR count). The number of pyridine rings is 1. The van der Waals surface area contributed by atoms with Crippen LogP contribution in [0.1, 0.15) is 32.1 Å². The fourth-order valence-electron chi connectivity index (χ4n) is 2.66. The fourth-order valence-corrected chi connectivity index (χ4v) is 2.66. The van der Waals surface area contributed by atoms with Crippen LogP contribution in [0.25, 0.3) is 5.82 Å². The zero-order valence-electron chi connectivity index (χ0n) is 11.8. The molecule has 6 nitrogen and oxygen atoms in total. The van der Waals surface area contributed by atoms with Gasteiger partial charge in [-0.2, -0.15) is 5.10 Å². The quantitative estimate of drug-likeness (QED) is 0.910. The van der Waals surface area contributed by atoms with Gasteiger partial charge in [0, 0.05) is 24.6 Å². The van der Waals surface area contributed by atoms with E-state index in [2.05, 4.69) is 20.7 Å². The van der Waals surface area contributed by atoms with Gasteiger partial charge in [0.15, 0.2) is 5.82 Å². The minimum atomic E-state index is -0.177. The van der Waals surface area contributed by atoms with E-state index in [4.69, 9.17) is 0 Å². The lowest BCUT2D eigenvalue weighted by molar-refractivity contribution is 0.244. The van der Waals surface area contributed by atoms with Gasteiger partial charge >= 0.3 is 6.03 Å². The van der Waals surface area contributed by atoms with E-state index in [1.54, 1.807) is 29.3 Å². The minimum absolute atomic E-state index is 0.177. The maximum Gasteiger partial charge on any atom is 0.319 e. The topological polar surface area (TPSA) is 71.8 Å². The molecular weight excluding hydrogens is 266 g/mol. The first kappa shape index (κ1) is 13.6. The summed E-state index contributed by atoms with van der Waals surface area (Å²) < 4.78 is 1.64. The van der Waals surface area contributed by atoms with Gasteiger partial charge in [-0.15, -0.1) is 0 Å². The van der Waals surface area contributed by atoms with Gasteiger partial charge in [0.25, 0.3) is 0 Å². The lowest BCUT2D eigenvalue weighted by Crippen LogP contribution is -2.39. The molecule has 1 aliphatic rings. The van der Waals surface area contributed by atoms with E-state index in [0.29, 0.717) is 11.5 Å². The third-order valence-electron chi connectivity index (χ3n) is 3.70. The molecule has 2 heterocycles. The van der Waals surface area contributed by atoms with Crippen molar-refractivity contribution in [2.75, 3.05) is 5.32 Å². The summed E-state index contributed by atoms with van der Waals surface area (Å²) >= 11 is 0. The highest BCUT2D eigenvalue weighted by Crippen LogP contribution is 2.19. The Labute approximate surface area is 123 Å². The van der Waals surface area contributed by atoms with Crippen LogP contribution in [0, 0.1) is 0 Å². The van der Waals surface area contributed by atoms with Gasteiger partial charge in [0.2, 0.25) is 0 Å².